The first-order valence-corrected chi connectivity index (χ1v) is 11.4. The third-order valence-corrected chi connectivity index (χ3v) is 7.13. The van der Waals surface area contributed by atoms with Crippen molar-refractivity contribution in [1.82, 2.24) is 0 Å². The van der Waals surface area contributed by atoms with Gasteiger partial charge >= 0.3 is 5.91 Å². The maximum atomic E-state index is 12.8. The van der Waals surface area contributed by atoms with E-state index in [-0.39, 0.29) is 5.91 Å². The number of primary amides is 1. The molecule has 2 nitrogen and oxygen atoms in total. The largest absolute Gasteiger partial charge is 0.347 e. The topological polar surface area (TPSA) is 33.7 Å². The van der Waals surface area contributed by atoms with Gasteiger partial charge in [-0.3, -0.25) is 0 Å². The lowest BCUT2D eigenvalue weighted by molar-refractivity contribution is -0.479. The number of carbonyl (C=O) groups excluding carboxylic acids is 1. The van der Waals surface area contributed by atoms with Gasteiger partial charge in [0, 0.05) is 12.1 Å². The molecule has 1 amide bonds. The highest BCUT2D eigenvalue weighted by Gasteiger charge is 2.26. The van der Waals surface area contributed by atoms with E-state index in [9.17, 15) is 4.79 Å². The summed E-state index contributed by atoms with van der Waals surface area (Å²) in [5.74, 6) is 2.41. The van der Waals surface area contributed by atoms with Gasteiger partial charge in [-0.1, -0.05) is 50.1 Å². The Morgan fingerprint density at radius 2 is 1.60 bits per heavy atom. The number of nitrogens with two attached hydrogens (primary N) is 1. The molecule has 1 fully saturated rings. The predicted octanol–water partition coefficient (Wildman–Crippen LogP) is 6.02. The second-order valence-electron chi connectivity index (χ2n) is 9.37. The van der Waals surface area contributed by atoms with E-state index in [0.717, 1.165) is 29.5 Å². The Balaban J connectivity index is 1.35. The molecule has 2 aliphatic rings. The van der Waals surface area contributed by atoms with E-state index in [1.165, 1.54) is 47.9 Å². The average molecular weight is 401 g/mol. The molecule has 4 rings (SSSR count). The van der Waals surface area contributed by atoms with Gasteiger partial charge in [-0.15, -0.1) is 0 Å². The van der Waals surface area contributed by atoms with Gasteiger partial charge in [0.05, 0.1) is 5.57 Å². The maximum absolute atomic E-state index is 12.8. The van der Waals surface area contributed by atoms with Gasteiger partial charge in [0.1, 0.15) is 5.69 Å². The van der Waals surface area contributed by atoms with Gasteiger partial charge in [-0.05, 0) is 91.3 Å². The van der Waals surface area contributed by atoms with E-state index in [4.69, 9.17) is 0 Å². The Hall–Kier alpha value is -2.45. The van der Waals surface area contributed by atoms with E-state index in [1.54, 1.807) is 5.32 Å². The summed E-state index contributed by atoms with van der Waals surface area (Å²) in [6.45, 7) is 6.65. The molecule has 0 spiro atoms. The first kappa shape index (κ1) is 20.8. The number of hydrogen-bond acceptors (Lipinski definition) is 1. The fourth-order valence-electron chi connectivity index (χ4n) is 4.81. The van der Waals surface area contributed by atoms with Crippen LogP contribution in [0.5, 0.6) is 0 Å². The first-order chi connectivity index (χ1) is 14.5. The Labute approximate surface area is 181 Å². The number of amides is 1. The van der Waals surface area contributed by atoms with Crippen molar-refractivity contribution < 1.29 is 10.1 Å². The highest BCUT2D eigenvalue weighted by molar-refractivity contribution is 5.90. The molecule has 2 aromatic carbocycles. The van der Waals surface area contributed by atoms with Gasteiger partial charge in [0.15, 0.2) is 0 Å². The van der Waals surface area contributed by atoms with E-state index in [1.807, 2.05) is 12.1 Å². The monoisotopic (exact) mass is 400 g/mol. The molecule has 0 aromatic heterocycles. The van der Waals surface area contributed by atoms with Crippen molar-refractivity contribution in [1.29, 1.82) is 0 Å². The van der Waals surface area contributed by atoms with Gasteiger partial charge in [0.2, 0.25) is 0 Å². The molecule has 2 aliphatic carbocycles. The van der Waals surface area contributed by atoms with Gasteiger partial charge in [-0.25, -0.2) is 10.1 Å². The lowest BCUT2D eigenvalue weighted by atomic mass is 9.74. The summed E-state index contributed by atoms with van der Waals surface area (Å²) < 4.78 is 0. The summed E-state index contributed by atoms with van der Waals surface area (Å²) in [5, 5.41) is 1.77. The van der Waals surface area contributed by atoms with E-state index < -0.39 is 0 Å². The molecule has 0 aliphatic heterocycles. The third-order valence-electron chi connectivity index (χ3n) is 7.13. The quantitative estimate of drug-likeness (QED) is 0.626. The molecule has 1 atom stereocenters. The highest BCUT2D eigenvalue weighted by Crippen LogP contribution is 2.36. The van der Waals surface area contributed by atoms with Crippen LogP contribution >= 0.6 is 0 Å². The van der Waals surface area contributed by atoms with Crippen LogP contribution in [0.1, 0.15) is 50.2 Å². The standard InChI is InChI=1S/C28H33NO/c1-19-4-7-22(8-5-19)23-10-12-25(13-11-23)28(30)29-27-16-14-24(15-17-27)26-9-6-20(2)21(3)18-26/h6,9-10,12-19,22-23H,4-5,7-8,11H2,1-3H3,(H,29,30)/p+1. The third kappa shape index (κ3) is 4.82. The minimum Gasteiger partial charge on any atom is -0.247 e. The summed E-state index contributed by atoms with van der Waals surface area (Å²) in [5.41, 5.74) is 6.82. The van der Waals surface area contributed by atoms with Crippen LogP contribution in [0.2, 0.25) is 0 Å². The summed E-state index contributed by atoms with van der Waals surface area (Å²) in [7, 11) is 0. The van der Waals surface area contributed by atoms with Gasteiger partial charge < -0.3 is 0 Å². The molecule has 0 bridgehead atoms. The van der Waals surface area contributed by atoms with E-state index in [0.29, 0.717) is 5.92 Å². The van der Waals surface area contributed by atoms with Crippen LogP contribution in [0.3, 0.4) is 0 Å². The Bertz CT molecular complexity index is 959. The molecular weight excluding hydrogens is 366 g/mol. The van der Waals surface area contributed by atoms with Crippen molar-refractivity contribution in [2.75, 3.05) is 0 Å². The lowest BCUT2D eigenvalue weighted by Gasteiger charge is -2.31. The number of rotatable bonds is 4. The highest BCUT2D eigenvalue weighted by atomic mass is 16.1. The average Bonchev–Trinajstić information content (AvgIpc) is 2.77. The first-order valence-electron chi connectivity index (χ1n) is 11.4. The molecule has 1 saturated carbocycles. The molecule has 0 radical (unpaired) electrons. The number of aryl methyl sites for hydroxylation is 2. The smallest absolute Gasteiger partial charge is 0.247 e. The van der Waals surface area contributed by atoms with Gasteiger partial charge in [0.25, 0.3) is 0 Å². The fraction of sp³-hybridized carbons (Fsp3) is 0.393. The molecule has 1 unspecified atom stereocenters. The second kappa shape index (κ2) is 9.14. The number of allylic oxidation sites excluding steroid dienone is 2. The Kier molecular flexibility index (Phi) is 6.34. The summed E-state index contributed by atoms with van der Waals surface area (Å²) in [6.07, 6.45) is 12.9. The molecule has 0 heterocycles. The normalized spacial score (nSPS) is 23.8. The van der Waals surface area contributed by atoms with Crippen molar-refractivity contribution in [2.45, 2.75) is 52.9 Å². The molecule has 0 saturated heterocycles. The SMILES string of the molecule is Cc1ccc(-c2ccc([NH2+]C(=O)C3=CCC(C4CCC(C)CC4)C=C3)cc2)cc1C. The second-order valence-corrected chi connectivity index (χ2v) is 9.37. The molecular formula is C28H34NO+. The van der Waals surface area contributed by atoms with Crippen LogP contribution in [0, 0.1) is 31.6 Å². The van der Waals surface area contributed by atoms with Crippen molar-refractivity contribution in [3.8, 4) is 11.1 Å². The summed E-state index contributed by atoms with van der Waals surface area (Å²) in [4.78, 5) is 12.8. The molecule has 2 aromatic rings. The van der Waals surface area contributed by atoms with E-state index in [2.05, 4.69) is 69.3 Å². The number of carbonyl (C=O) groups is 1. The molecule has 30 heavy (non-hydrogen) atoms. The zero-order valence-electron chi connectivity index (χ0n) is 18.5. The van der Waals surface area contributed by atoms with Crippen LogP contribution in [0.4, 0.5) is 5.69 Å². The molecule has 2 N–H and O–H groups in total. The van der Waals surface area contributed by atoms with Crippen LogP contribution in [-0.4, -0.2) is 5.91 Å². The zero-order chi connectivity index (χ0) is 21.1. The van der Waals surface area contributed by atoms with Crippen molar-refractivity contribution in [3.05, 3.63) is 77.4 Å². The van der Waals surface area contributed by atoms with Crippen LogP contribution < -0.4 is 5.32 Å². The fourth-order valence-corrected chi connectivity index (χ4v) is 4.81. The Morgan fingerprint density at radius 3 is 2.23 bits per heavy atom. The van der Waals surface area contributed by atoms with Crippen LogP contribution in [0.15, 0.2) is 66.3 Å². The lowest BCUT2D eigenvalue weighted by Crippen LogP contribution is -2.82. The molecule has 2 heteroatoms. The van der Waals surface area contributed by atoms with Crippen LogP contribution in [0.25, 0.3) is 11.1 Å². The molecule has 156 valence electrons. The predicted molar refractivity (Wildman–Crippen MR) is 124 cm³/mol. The maximum Gasteiger partial charge on any atom is 0.347 e. The summed E-state index contributed by atoms with van der Waals surface area (Å²) >= 11 is 0. The van der Waals surface area contributed by atoms with Crippen LogP contribution in [-0.2, 0) is 4.79 Å². The van der Waals surface area contributed by atoms with Gasteiger partial charge in [-0.2, -0.15) is 0 Å². The van der Waals surface area contributed by atoms with Crippen molar-refractivity contribution in [2.24, 2.45) is 17.8 Å². The minimum absolute atomic E-state index is 0.112. The zero-order valence-corrected chi connectivity index (χ0v) is 18.5. The Morgan fingerprint density at radius 1 is 0.900 bits per heavy atom. The summed E-state index contributed by atoms with van der Waals surface area (Å²) in [6, 6.07) is 14.8. The number of quaternary nitrogens is 1. The van der Waals surface area contributed by atoms with Crippen molar-refractivity contribution in [3.63, 3.8) is 0 Å². The minimum atomic E-state index is 0.112. The number of benzene rings is 2. The van der Waals surface area contributed by atoms with E-state index >= 15 is 0 Å². The van der Waals surface area contributed by atoms with Crippen molar-refractivity contribution >= 4 is 11.6 Å². The number of hydrogen-bond donors (Lipinski definition) is 1.